The molecule has 0 saturated carbocycles. The van der Waals surface area contributed by atoms with Crippen LogP contribution >= 0.6 is 0 Å². The Bertz CT molecular complexity index is 479. The number of benzene rings is 1. The maximum absolute atomic E-state index is 5.62. The molecule has 2 rings (SSSR count). The second kappa shape index (κ2) is 7.65. The Kier molecular flexibility index (Phi) is 5.55. The normalized spacial score (nSPS) is 10.9. The summed E-state index contributed by atoms with van der Waals surface area (Å²) in [4.78, 5) is 4.10. The molecule has 2 N–H and O–H groups in total. The van der Waals surface area contributed by atoms with Crippen molar-refractivity contribution in [1.82, 2.24) is 20.5 Å². The zero-order chi connectivity index (χ0) is 14.2. The summed E-state index contributed by atoms with van der Waals surface area (Å²) in [6, 6.07) is 8.24. The van der Waals surface area contributed by atoms with E-state index in [0.29, 0.717) is 0 Å². The molecule has 0 unspecified atom stereocenters. The van der Waals surface area contributed by atoms with E-state index in [2.05, 4.69) is 32.6 Å². The molecule has 20 heavy (non-hydrogen) atoms. The minimum atomic E-state index is 0.218. The van der Waals surface area contributed by atoms with E-state index in [9.17, 15) is 0 Å². The van der Waals surface area contributed by atoms with Crippen LogP contribution in [0.4, 0.5) is 0 Å². The summed E-state index contributed by atoms with van der Waals surface area (Å²) in [5.41, 5.74) is 1.26. The molecule has 0 fully saturated rings. The zero-order valence-electron chi connectivity index (χ0n) is 12.1. The van der Waals surface area contributed by atoms with Crippen LogP contribution in [0.1, 0.15) is 31.7 Å². The largest absolute Gasteiger partial charge is 0.491 e. The van der Waals surface area contributed by atoms with Crippen LogP contribution < -0.4 is 10.1 Å². The van der Waals surface area contributed by atoms with Gasteiger partial charge in [0.25, 0.3) is 0 Å². The number of aromatic amines is 1. The SMILES string of the molecule is CC(C)Oc1ccc(CNCCCc2ncn[nH]2)cc1. The van der Waals surface area contributed by atoms with Gasteiger partial charge in [-0.2, -0.15) is 5.10 Å². The molecular formula is C15H22N4O. The first-order valence-corrected chi connectivity index (χ1v) is 7.04. The molecule has 0 aliphatic heterocycles. The van der Waals surface area contributed by atoms with Crippen molar-refractivity contribution < 1.29 is 4.74 Å². The van der Waals surface area contributed by atoms with Crippen LogP contribution in [0.2, 0.25) is 0 Å². The van der Waals surface area contributed by atoms with E-state index in [-0.39, 0.29) is 6.10 Å². The van der Waals surface area contributed by atoms with Crippen molar-refractivity contribution in [1.29, 1.82) is 0 Å². The summed E-state index contributed by atoms with van der Waals surface area (Å²) in [5.74, 6) is 1.87. The summed E-state index contributed by atoms with van der Waals surface area (Å²) in [6.45, 7) is 5.90. The van der Waals surface area contributed by atoms with Gasteiger partial charge in [0.05, 0.1) is 6.10 Å². The highest BCUT2D eigenvalue weighted by molar-refractivity contribution is 5.27. The molecule has 0 atom stereocenters. The summed E-state index contributed by atoms with van der Waals surface area (Å²) in [6.07, 6.45) is 3.73. The molecule has 5 heteroatoms. The molecule has 0 bridgehead atoms. The number of nitrogens with one attached hydrogen (secondary N) is 2. The number of nitrogens with zero attached hydrogens (tertiary/aromatic N) is 2. The Morgan fingerprint density at radius 1 is 1.25 bits per heavy atom. The van der Waals surface area contributed by atoms with E-state index >= 15 is 0 Å². The molecular weight excluding hydrogens is 252 g/mol. The highest BCUT2D eigenvalue weighted by Crippen LogP contribution is 2.13. The fraction of sp³-hybridized carbons (Fsp3) is 0.467. The molecule has 1 aromatic heterocycles. The number of H-pyrrole nitrogens is 1. The van der Waals surface area contributed by atoms with Crippen molar-refractivity contribution in [3.8, 4) is 5.75 Å². The Hall–Kier alpha value is -1.88. The van der Waals surface area contributed by atoms with Crippen LogP contribution in [0.25, 0.3) is 0 Å². The maximum atomic E-state index is 5.62. The van der Waals surface area contributed by atoms with Crippen LogP contribution in [0.5, 0.6) is 5.75 Å². The lowest BCUT2D eigenvalue weighted by molar-refractivity contribution is 0.242. The first-order valence-electron chi connectivity index (χ1n) is 7.04. The van der Waals surface area contributed by atoms with Gasteiger partial charge in [0.2, 0.25) is 0 Å². The molecule has 5 nitrogen and oxygen atoms in total. The van der Waals surface area contributed by atoms with Crippen molar-refractivity contribution in [2.75, 3.05) is 6.54 Å². The Morgan fingerprint density at radius 3 is 2.70 bits per heavy atom. The van der Waals surface area contributed by atoms with E-state index in [1.165, 1.54) is 5.56 Å². The fourth-order valence-electron chi connectivity index (χ4n) is 1.92. The highest BCUT2D eigenvalue weighted by atomic mass is 16.5. The molecule has 0 aliphatic carbocycles. The first kappa shape index (κ1) is 14.5. The van der Waals surface area contributed by atoms with Crippen molar-refractivity contribution in [2.24, 2.45) is 0 Å². The summed E-state index contributed by atoms with van der Waals surface area (Å²) in [7, 11) is 0. The highest BCUT2D eigenvalue weighted by Gasteiger charge is 1.99. The molecule has 1 heterocycles. The lowest BCUT2D eigenvalue weighted by Crippen LogP contribution is -2.15. The molecule has 0 spiro atoms. The van der Waals surface area contributed by atoms with Crippen molar-refractivity contribution in [2.45, 2.75) is 39.3 Å². The number of hydrogen-bond donors (Lipinski definition) is 2. The van der Waals surface area contributed by atoms with Crippen LogP contribution in [-0.4, -0.2) is 27.8 Å². The van der Waals surface area contributed by atoms with Gasteiger partial charge in [-0.15, -0.1) is 0 Å². The van der Waals surface area contributed by atoms with Gasteiger partial charge in [-0.1, -0.05) is 12.1 Å². The summed E-state index contributed by atoms with van der Waals surface area (Å²) >= 11 is 0. The smallest absolute Gasteiger partial charge is 0.137 e. The monoisotopic (exact) mass is 274 g/mol. The van der Waals surface area contributed by atoms with Gasteiger partial charge in [0, 0.05) is 13.0 Å². The summed E-state index contributed by atoms with van der Waals surface area (Å²) in [5, 5.41) is 10.1. The minimum absolute atomic E-state index is 0.218. The second-order valence-corrected chi connectivity index (χ2v) is 5.02. The molecule has 1 aromatic carbocycles. The van der Waals surface area contributed by atoms with E-state index in [1.807, 2.05) is 26.0 Å². The van der Waals surface area contributed by atoms with Crippen LogP contribution in [0.3, 0.4) is 0 Å². The number of rotatable bonds is 8. The topological polar surface area (TPSA) is 62.8 Å². The van der Waals surface area contributed by atoms with E-state index in [4.69, 9.17) is 4.74 Å². The van der Waals surface area contributed by atoms with Gasteiger partial charge >= 0.3 is 0 Å². The third-order valence-corrected chi connectivity index (χ3v) is 2.86. The molecule has 0 saturated heterocycles. The molecule has 2 aromatic rings. The molecule has 0 radical (unpaired) electrons. The Morgan fingerprint density at radius 2 is 2.05 bits per heavy atom. The predicted molar refractivity (Wildman–Crippen MR) is 78.6 cm³/mol. The second-order valence-electron chi connectivity index (χ2n) is 5.02. The lowest BCUT2D eigenvalue weighted by Gasteiger charge is -2.10. The quantitative estimate of drug-likeness (QED) is 0.725. The van der Waals surface area contributed by atoms with E-state index in [1.54, 1.807) is 6.33 Å². The maximum Gasteiger partial charge on any atom is 0.137 e. The average molecular weight is 274 g/mol. The van der Waals surface area contributed by atoms with Crippen LogP contribution in [0.15, 0.2) is 30.6 Å². The average Bonchev–Trinajstić information content (AvgIpc) is 2.93. The third-order valence-electron chi connectivity index (χ3n) is 2.86. The number of hydrogen-bond acceptors (Lipinski definition) is 4. The number of ether oxygens (including phenoxy) is 1. The van der Waals surface area contributed by atoms with Crippen molar-refractivity contribution >= 4 is 0 Å². The van der Waals surface area contributed by atoms with Gasteiger partial charge in [-0.3, -0.25) is 5.10 Å². The van der Waals surface area contributed by atoms with Gasteiger partial charge in [0.15, 0.2) is 0 Å². The van der Waals surface area contributed by atoms with Crippen LogP contribution in [0, 0.1) is 0 Å². The van der Waals surface area contributed by atoms with Gasteiger partial charge in [-0.25, -0.2) is 4.98 Å². The van der Waals surface area contributed by atoms with Crippen molar-refractivity contribution in [3.05, 3.63) is 42.0 Å². The van der Waals surface area contributed by atoms with Gasteiger partial charge < -0.3 is 10.1 Å². The molecule has 0 amide bonds. The Labute approximate surface area is 119 Å². The fourth-order valence-corrected chi connectivity index (χ4v) is 1.92. The number of aryl methyl sites for hydroxylation is 1. The zero-order valence-corrected chi connectivity index (χ0v) is 12.1. The summed E-state index contributed by atoms with van der Waals surface area (Å²) < 4.78 is 5.62. The first-order chi connectivity index (χ1) is 9.74. The third kappa shape index (κ3) is 5.01. The lowest BCUT2D eigenvalue weighted by atomic mass is 10.2. The Balaban J connectivity index is 1.64. The van der Waals surface area contributed by atoms with Crippen LogP contribution in [-0.2, 0) is 13.0 Å². The van der Waals surface area contributed by atoms with E-state index < -0.39 is 0 Å². The molecule has 108 valence electrons. The predicted octanol–water partition coefficient (Wildman–Crippen LogP) is 2.31. The standard InChI is InChI=1S/C15H22N4O/c1-12(2)20-14-7-5-13(6-8-14)10-16-9-3-4-15-17-11-18-19-15/h5-8,11-12,16H,3-4,9-10H2,1-2H3,(H,17,18,19). The van der Waals surface area contributed by atoms with Gasteiger partial charge in [0.1, 0.15) is 17.9 Å². The van der Waals surface area contributed by atoms with Gasteiger partial charge in [-0.05, 0) is 44.5 Å². The molecule has 0 aliphatic rings. The van der Waals surface area contributed by atoms with E-state index in [0.717, 1.165) is 37.5 Å². The minimum Gasteiger partial charge on any atom is -0.491 e. The van der Waals surface area contributed by atoms with Crippen molar-refractivity contribution in [3.63, 3.8) is 0 Å². The number of aromatic nitrogens is 3.